The van der Waals surface area contributed by atoms with E-state index in [2.05, 4.69) is 78.9 Å². The van der Waals surface area contributed by atoms with E-state index in [1.165, 1.54) is 11.1 Å². The molecule has 0 N–H and O–H groups in total. The highest BCUT2D eigenvalue weighted by Crippen LogP contribution is 2.37. The molecule has 7 rings (SSSR count). The second-order valence-corrected chi connectivity index (χ2v) is 8.68. The average Bonchev–Trinajstić information content (AvgIpc) is 3.29. The number of fused-ring (bicyclic) bond motifs is 4. The summed E-state index contributed by atoms with van der Waals surface area (Å²) < 4.78 is 6.43. The van der Waals surface area contributed by atoms with E-state index in [4.69, 9.17) is 14.4 Å². The molecule has 0 unspecified atom stereocenters. The number of aromatic nitrogens is 2. The van der Waals surface area contributed by atoms with Crippen molar-refractivity contribution in [2.24, 2.45) is 0 Å². The monoisotopic (exact) mass is 448 g/mol. The molecule has 164 valence electrons. The van der Waals surface area contributed by atoms with Gasteiger partial charge in [-0.3, -0.25) is 0 Å². The summed E-state index contributed by atoms with van der Waals surface area (Å²) in [6.07, 6.45) is 0. The second-order valence-electron chi connectivity index (χ2n) is 8.68. The quantitative estimate of drug-likeness (QED) is 0.272. The average molecular weight is 449 g/mol. The summed E-state index contributed by atoms with van der Waals surface area (Å²) in [6, 6.07) is 41.6. The Hall–Kier alpha value is -4.76. The molecule has 7 aromatic rings. The summed E-state index contributed by atoms with van der Waals surface area (Å²) in [5.41, 5.74) is 7.49. The van der Waals surface area contributed by atoms with Gasteiger partial charge in [-0.05, 0) is 34.0 Å². The Labute approximate surface area is 202 Å². The van der Waals surface area contributed by atoms with Crippen molar-refractivity contribution in [2.45, 2.75) is 0 Å². The number of furan rings is 1. The molecule has 0 saturated heterocycles. The van der Waals surface area contributed by atoms with E-state index in [9.17, 15) is 0 Å². The van der Waals surface area contributed by atoms with Gasteiger partial charge in [-0.1, -0.05) is 109 Å². The van der Waals surface area contributed by atoms with Gasteiger partial charge in [-0.25, -0.2) is 9.97 Å². The van der Waals surface area contributed by atoms with E-state index in [0.29, 0.717) is 11.4 Å². The largest absolute Gasteiger partial charge is 0.452 e. The Balaban J connectivity index is 1.49. The highest BCUT2D eigenvalue weighted by Gasteiger charge is 2.18. The maximum absolute atomic E-state index is 6.43. The van der Waals surface area contributed by atoms with Crippen molar-refractivity contribution in [2.75, 3.05) is 0 Å². The fourth-order valence-electron chi connectivity index (χ4n) is 4.69. The van der Waals surface area contributed by atoms with Crippen LogP contribution < -0.4 is 0 Å². The lowest BCUT2D eigenvalue weighted by molar-refractivity contribution is 0.668. The van der Waals surface area contributed by atoms with Crippen molar-refractivity contribution in [1.29, 1.82) is 0 Å². The first-order valence-electron chi connectivity index (χ1n) is 11.7. The van der Waals surface area contributed by atoms with Crippen LogP contribution in [0.25, 0.3) is 66.6 Å². The smallest absolute Gasteiger partial charge is 0.180 e. The molecule has 0 aliphatic heterocycles. The number of hydrogen-bond acceptors (Lipinski definition) is 3. The van der Waals surface area contributed by atoms with Gasteiger partial charge in [0.25, 0.3) is 0 Å². The van der Waals surface area contributed by atoms with Crippen LogP contribution in [0.5, 0.6) is 0 Å². The standard InChI is InChI=1S/C32H20N2O/c1-3-9-21(10-4-1)22-15-17-23(18-16-22)29-31-30(34-32(33-29)24-11-5-2-6-12-24)27-19-25-13-7-8-14-26(25)20-28(27)35-31/h1-20H. The van der Waals surface area contributed by atoms with Crippen LogP contribution in [0.1, 0.15) is 0 Å². The van der Waals surface area contributed by atoms with E-state index in [-0.39, 0.29) is 0 Å². The van der Waals surface area contributed by atoms with Gasteiger partial charge in [0.05, 0.1) is 0 Å². The van der Waals surface area contributed by atoms with Crippen molar-refractivity contribution in [1.82, 2.24) is 9.97 Å². The molecule has 2 heterocycles. The number of hydrogen-bond donors (Lipinski definition) is 0. The number of nitrogens with zero attached hydrogens (tertiary/aromatic N) is 2. The Morgan fingerprint density at radius 3 is 1.77 bits per heavy atom. The fraction of sp³-hybridized carbons (Fsp3) is 0. The minimum Gasteiger partial charge on any atom is -0.452 e. The van der Waals surface area contributed by atoms with Crippen molar-refractivity contribution in [3.63, 3.8) is 0 Å². The lowest BCUT2D eigenvalue weighted by atomic mass is 10.0. The third kappa shape index (κ3) is 3.37. The summed E-state index contributed by atoms with van der Waals surface area (Å²) in [6.45, 7) is 0. The SMILES string of the molecule is c1ccc(-c2ccc(-c3nc(-c4ccccc4)nc4c3oc3cc5ccccc5cc34)cc2)cc1. The van der Waals surface area contributed by atoms with Crippen LogP contribution in [-0.4, -0.2) is 9.97 Å². The first-order chi connectivity index (χ1) is 17.3. The van der Waals surface area contributed by atoms with Gasteiger partial charge < -0.3 is 4.42 Å². The molecule has 35 heavy (non-hydrogen) atoms. The summed E-state index contributed by atoms with van der Waals surface area (Å²) in [7, 11) is 0. The summed E-state index contributed by atoms with van der Waals surface area (Å²) in [5.74, 6) is 0.691. The topological polar surface area (TPSA) is 38.9 Å². The van der Waals surface area contributed by atoms with E-state index in [0.717, 1.165) is 44.1 Å². The minimum absolute atomic E-state index is 0.691. The van der Waals surface area contributed by atoms with E-state index >= 15 is 0 Å². The third-order valence-corrected chi connectivity index (χ3v) is 6.48. The number of benzene rings is 5. The van der Waals surface area contributed by atoms with Gasteiger partial charge in [0.15, 0.2) is 11.4 Å². The first kappa shape index (κ1) is 19.7. The van der Waals surface area contributed by atoms with Crippen molar-refractivity contribution in [3.05, 3.63) is 121 Å². The summed E-state index contributed by atoms with van der Waals surface area (Å²) >= 11 is 0. The minimum atomic E-state index is 0.691. The lowest BCUT2D eigenvalue weighted by Crippen LogP contribution is -1.93. The molecule has 3 nitrogen and oxygen atoms in total. The van der Waals surface area contributed by atoms with Crippen LogP contribution >= 0.6 is 0 Å². The van der Waals surface area contributed by atoms with E-state index in [1.807, 2.05) is 42.5 Å². The maximum atomic E-state index is 6.43. The third-order valence-electron chi connectivity index (χ3n) is 6.48. The molecule has 0 amide bonds. The predicted octanol–water partition coefficient (Wildman–Crippen LogP) is 8.53. The zero-order valence-electron chi connectivity index (χ0n) is 18.8. The lowest BCUT2D eigenvalue weighted by Gasteiger charge is -2.07. The van der Waals surface area contributed by atoms with Gasteiger partial charge in [0, 0.05) is 16.5 Å². The Morgan fingerprint density at radius 2 is 1.06 bits per heavy atom. The van der Waals surface area contributed by atoms with Crippen LogP contribution in [0, 0.1) is 0 Å². The summed E-state index contributed by atoms with van der Waals surface area (Å²) in [5, 5.41) is 3.31. The molecule has 5 aromatic carbocycles. The van der Waals surface area contributed by atoms with Crippen LogP contribution in [-0.2, 0) is 0 Å². The normalized spacial score (nSPS) is 11.4. The Kier molecular flexibility index (Phi) is 4.46. The van der Waals surface area contributed by atoms with Crippen LogP contribution in [0.3, 0.4) is 0 Å². The maximum Gasteiger partial charge on any atom is 0.180 e. The Morgan fingerprint density at radius 1 is 0.486 bits per heavy atom. The van der Waals surface area contributed by atoms with Crippen LogP contribution in [0.4, 0.5) is 0 Å². The fourth-order valence-corrected chi connectivity index (χ4v) is 4.69. The van der Waals surface area contributed by atoms with Gasteiger partial charge >= 0.3 is 0 Å². The molecule has 0 bridgehead atoms. The summed E-state index contributed by atoms with van der Waals surface area (Å²) in [4.78, 5) is 9.99. The molecule has 0 atom stereocenters. The van der Waals surface area contributed by atoms with Gasteiger partial charge in [-0.15, -0.1) is 0 Å². The van der Waals surface area contributed by atoms with Crippen LogP contribution in [0.15, 0.2) is 126 Å². The molecular weight excluding hydrogens is 428 g/mol. The van der Waals surface area contributed by atoms with Crippen molar-refractivity contribution in [3.8, 4) is 33.8 Å². The van der Waals surface area contributed by atoms with Gasteiger partial charge in [0.1, 0.15) is 16.8 Å². The molecule has 0 fully saturated rings. The van der Waals surface area contributed by atoms with Gasteiger partial charge in [-0.2, -0.15) is 0 Å². The zero-order valence-corrected chi connectivity index (χ0v) is 18.8. The second kappa shape index (κ2) is 7.93. The molecule has 0 saturated carbocycles. The molecule has 3 heteroatoms. The molecule has 2 aromatic heterocycles. The molecule has 0 radical (unpaired) electrons. The van der Waals surface area contributed by atoms with Crippen molar-refractivity contribution >= 4 is 32.8 Å². The van der Waals surface area contributed by atoms with E-state index in [1.54, 1.807) is 0 Å². The van der Waals surface area contributed by atoms with Gasteiger partial charge in [0.2, 0.25) is 0 Å². The molecular formula is C32H20N2O. The first-order valence-corrected chi connectivity index (χ1v) is 11.7. The molecule has 0 aliphatic rings. The van der Waals surface area contributed by atoms with E-state index < -0.39 is 0 Å². The Bertz CT molecular complexity index is 1820. The highest BCUT2D eigenvalue weighted by atomic mass is 16.3. The highest BCUT2D eigenvalue weighted by molar-refractivity contribution is 6.11. The predicted molar refractivity (Wildman–Crippen MR) is 143 cm³/mol. The number of rotatable bonds is 3. The van der Waals surface area contributed by atoms with Crippen molar-refractivity contribution < 1.29 is 4.42 Å². The molecule has 0 spiro atoms. The molecule has 0 aliphatic carbocycles. The van der Waals surface area contributed by atoms with Crippen LogP contribution in [0.2, 0.25) is 0 Å². The zero-order chi connectivity index (χ0) is 23.2.